The molecule has 1 aliphatic heterocycles. The zero-order valence-corrected chi connectivity index (χ0v) is 15.1. The van der Waals surface area contributed by atoms with E-state index in [4.69, 9.17) is 17.3 Å². The average Bonchev–Trinajstić information content (AvgIpc) is 2.98. The van der Waals surface area contributed by atoms with E-state index in [0.29, 0.717) is 11.1 Å². The van der Waals surface area contributed by atoms with Crippen LogP contribution >= 0.6 is 11.6 Å². The summed E-state index contributed by atoms with van der Waals surface area (Å²) in [6.07, 6.45) is 6.13. The van der Waals surface area contributed by atoms with Gasteiger partial charge >= 0.3 is 0 Å². The Bertz CT molecular complexity index is 879. The lowest BCUT2D eigenvalue weighted by molar-refractivity contribution is 0.206. The number of fused-ring (bicyclic) bond motifs is 1. The molecule has 3 aromatic rings. The average molecular weight is 356 g/mol. The van der Waals surface area contributed by atoms with Gasteiger partial charge in [0.15, 0.2) is 0 Å². The SMILES string of the molecule is CN1CCC(Cn2cc(-c3ccc(N)cc3)c3c(Cl)ncnc32)CC1. The predicted molar refractivity (Wildman–Crippen MR) is 103 cm³/mol. The van der Waals surface area contributed by atoms with Crippen LogP contribution in [0.1, 0.15) is 12.8 Å². The molecule has 0 saturated carbocycles. The fourth-order valence-corrected chi connectivity index (χ4v) is 3.86. The number of nitrogen functional groups attached to an aromatic ring is 1. The molecule has 1 saturated heterocycles. The third kappa shape index (κ3) is 3.22. The lowest BCUT2D eigenvalue weighted by Gasteiger charge is -2.29. The van der Waals surface area contributed by atoms with Crippen LogP contribution < -0.4 is 5.73 Å². The number of rotatable bonds is 3. The topological polar surface area (TPSA) is 60.0 Å². The zero-order chi connectivity index (χ0) is 17.4. The van der Waals surface area contributed by atoms with Crippen LogP contribution in [0.2, 0.25) is 5.15 Å². The van der Waals surface area contributed by atoms with Crippen LogP contribution in [0, 0.1) is 5.92 Å². The van der Waals surface area contributed by atoms with Crippen LogP contribution in [0.15, 0.2) is 36.8 Å². The predicted octanol–water partition coefficient (Wildman–Crippen LogP) is 3.68. The van der Waals surface area contributed by atoms with E-state index in [2.05, 4.69) is 32.7 Å². The molecule has 6 heteroatoms. The minimum atomic E-state index is 0.499. The van der Waals surface area contributed by atoms with Gasteiger partial charge in [-0.2, -0.15) is 0 Å². The molecule has 2 N–H and O–H groups in total. The molecule has 1 aliphatic rings. The first-order valence-electron chi connectivity index (χ1n) is 8.65. The number of benzene rings is 1. The van der Waals surface area contributed by atoms with Crippen LogP contribution in [-0.2, 0) is 6.54 Å². The van der Waals surface area contributed by atoms with Crippen molar-refractivity contribution in [2.75, 3.05) is 25.9 Å². The molecular formula is C19H22ClN5. The maximum Gasteiger partial charge on any atom is 0.145 e. The number of hydrogen-bond acceptors (Lipinski definition) is 4. The molecule has 3 heterocycles. The van der Waals surface area contributed by atoms with Crippen molar-refractivity contribution in [3.63, 3.8) is 0 Å². The van der Waals surface area contributed by atoms with Gasteiger partial charge < -0.3 is 15.2 Å². The first-order chi connectivity index (χ1) is 12.1. The number of likely N-dealkylation sites (tertiary alicyclic amines) is 1. The molecule has 0 amide bonds. The van der Waals surface area contributed by atoms with Gasteiger partial charge in [0, 0.05) is 24.0 Å². The zero-order valence-electron chi connectivity index (χ0n) is 14.3. The smallest absolute Gasteiger partial charge is 0.145 e. The molecular weight excluding hydrogens is 334 g/mol. The molecule has 0 unspecified atom stereocenters. The molecule has 130 valence electrons. The van der Waals surface area contributed by atoms with Crippen molar-refractivity contribution in [3.8, 4) is 11.1 Å². The van der Waals surface area contributed by atoms with E-state index in [1.807, 2.05) is 24.3 Å². The fourth-order valence-electron chi connectivity index (χ4n) is 3.63. The fraction of sp³-hybridized carbons (Fsp3) is 0.368. The molecule has 1 aromatic carbocycles. The maximum absolute atomic E-state index is 6.42. The molecule has 2 aromatic heterocycles. The van der Waals surface area contributed by atoms with Crippen LogP contribution in [-0.4, -0.2) is 39.6 Å². The van der Waals surface area contributed by atoms with Crippen LogP contribution in [0.25, 0.3) is 22.2 Å². The number of nitrogens with zero attached hydrogens (tertiary/aromatic N) is 4. The monoisotopic (exact) mass is 355 g/mol. The normalized spacial score (nSPS) is 16.6. The van der Waals surface area contributed by atoms with E-state index >= 15 is 0 Å². The lowest BCUT2D eigenvalue weighted by Crippen LogP contribution is -2.31. The van der Waals surface area contributed by atoms with Gasteiger partial charge in [0.1, 0.15) is 17.1 Å². The molecule has 25 heavy (non-hydrogen) atoms. The van der Waals surface area contributed by atoms with E-state index in [0.717, 1.165) is 47.5 Å². The third-order valence-electron chi connectivity index (χ3n) is 5.12. The molecule has 0 aliphatic carbocycles. The summed E-state index contributed by atoms with van der Waals surface area (Å²) in [4.78, 5) is 11.1. The van der Waals surface area contributed by atoms with Crippen molar-refractivity contribution in [1.82, 2.24) is 19.4 Å². The number of hydrogen-bond donors (Lipinski definition) is 1. The summed E-state index contributed by atoms with van der Waals surface area (Å²) in [5.74, 6) is 0.666. The first-order valence-corrected chi connectivity index (χ1v) is 9.03. The summed E-state index contributed by atoms with van der Waals surface area (Å²) in [5.41, 5.74) is 9.63. The van der Waals surface area contributed by atoms with Gasteiger partial charge in [0.05, 0.1) is 5.39 Å². The van der Waals surface area contributed by atoms with Crippen molar-refractivity contribution in [1.29, 1.82) is 0 Å². The van der Waals surface area contributed by atoms with E-state index in [-0.39, 0.29) is 0 Å². The van der Waals surface area contributed by atoms with E-state index in [1.54, 1.807) is 6.33 Å². The molecule has 0 atom stereocenters. The Morgan fingerprint density at radius 2 is 1.88 bits per heavy atom. The highest BCUT2D eigenvalue weighted by atomic mass is 35.5. The quantitative estimate of drug-likeness (QED) is 0.575. The third-order valence-corrected chi connectivity index (χ3v) is 5.41. The Balaban J connectivity index is 1.75. The van der Waals surface area contributed by atoms with Crippen LogP contribution in [0.3, 0.4) is 0 Å². The first kappa shape index (κ1) is 16.4. The van der Waals surface area contributed by atoms with Gasteiger partial charge in [-0.15, -0.1) is 0 Å². The van der Waals surface area contributed by atoms with E-state index in [1.165, 1.54) is 12.8 Å². The largest absolute Gasteiger partial charge is 0.399 e. The Labute approximate surface area is 152 Å². The summed E-state index contributed by atoms with van der Waals surface area (Å²) in [7, 11) is 2.19. The number of halogens is 1. The molecule has 0 bridgehead atoms. The van der Waals surface area contributed by atoms with Gasteiger partial charge in [-0.25, -0.2) is 9.97 Å². The molecule has 4 rings (SSSR count). The molecule has 1 fully saturated rings. The van der Waals surface area contributed by atoms with Crippen molar-refractivity contribution in [2.24, 2.45) is 5.92 Å². The van der Waals surface area contributed by atoms with E-state index in [9.17, 15) is 0 Å². The highest BCUT2D eigenvalue weighted by Gasteiger charge is 2.20. The number of aromatic nitrogens is 3. The maximum atomic E-state index is 6.42. The second-order valence-corrected chi connectivity index (χ2v) is 7.28. The van der Waals surface area contributed by atoms with Crippen molar-refractivity contribution >= 4 is 28.3 Å². The van der Waals surface area contributed by atoms with Gasteiger partial charge in [-0.05, 0) is 56.6 Å². The Hall–Kier alpha value is -2.11. The van der Waals surface area contributed by atoms with Crippen molar-refractivity contribution in [3.05, 3.63) is 41.9 Å². The molecule has 5 nitrogen and oxygen atoms in total. The Morgan fingerprint density at radius 1 is 1.16 bits per heavy atom. The minimum Gasteiger partial charge on any atom is -0.399 e. The second-order valence-electron chi connectivity index (χ2n) is 6.93. The van der Waals surface area contributed by atoms with Crippen molar-refractivity contribution < 1.29 is 0 Å². The molecule has 0 radical (unpaired) electrons. The Kier molecular flexibility index (Phi) is 4.36. The van der Waals surface area contributed by atoms with Crippen LogP contribution in [0.4, 0.5) is 5.69 Å². The summed E-state index contributed by atoms with van der Waals surface area (Å²) in [6, 6.07) is 7.86. The van der Waals surface area contributed by atoms with Gasteiger partial charge in [0.2, 0.25) is 0 Å². The standard InChI is InChI=1S/C19H22ClN5/c1-24-8-6-13(7-9-24)10-25-11-16(14-2-4-15(21)5-3-14)17-18(20)22-12-23-19(17)25/h2-5,11-13H,6-10,21H2,1H3. The van der Waals surface area contributed by atoms with Crippen LogP contribution in [0.5, 0.6) is 0 Å². The second kappa shape index (κ2) is 6.65. The summed E-state index contributed by atoms with van der Waals surface area (Å²) >= 11 is 6.42. The van der Waals surface area contributed by atoms with Gasteiger partial charge in [-0.1, -0.05) is 23.7 Å². The summed E-state index contributed by atoms with van der Waals surface area (Å²) in [5, 5.41) is 1.42. The summed E-state index contributed by atoms with van der Waals surface area (Å²) < 4.78 is 2.24. The highest BCUT2D eigenvalue weighted by molar-refractivity contribution is 6.35. The van der Waals surface area contributed by atoms with Gasteiger partial charge in [0.25, 0.3) is 0 Å². The summed E-state index contributed by atoms with van der Waals surface area (Å²) in [6.45, 7) is 3.28. The van der Waals surface area contributed by atoms with Crippen molar-refractivity contribution in [2.45, 2.75) is 19.4 Å². The lowest BCUT2D eigenvalue weighted by atomic mass is 9.97. The number of nitrogens with two attached hydrogens (primary N) is 1. The Morgan fingerprint density at radius 3 is 2.60 bits per heavy atom. The highest BCUT2D eigenvalue weighted by Crippen LogP contribution is 2.34. The minimum absolute atomic E-state index is 0.499. The van der Waals surface area contributed by atoms with E-state index < -0.39 is 0 Å². The number of piperidine rings is 1. The number of anilines is 1. The van der Waals surface area contributed by atoms with Gasteiger partial charge in [-0.3, -0.25) is 0 Å². The molecule has 0 spiro atoms.